The number of rotatable bonds is 4. The lowest BCUT2D eigenvalue weighted by Crippen LogP contribution is -2.40. The zero-order chi connectivity index (χ0) is 13.1. The van der Waals surface area contributed by atoms with Gasteiger partial charge in [0.05, 0.1) is 13.7 Å². The fourth-order valence-electron chi connectivity index (χ4n) is 2.13. The number of methoxy groups -OCH3 is 1. The van der Waals surface area contributed by atoms with Crippen molar-refractivity contribution in [3.8, 4) is 0 Å². The van der Waals surface area contributed by atoms with Crippen LogP contribution in [0.3, 0.4) is 0 Å². The van der Waals surface area contributed by atoms with Crippen molar-refractivity contribution in [3.05, 3.63) is 24.3 Å². The number of ether oxygens (including phenoxy) is 1. The molecule has 1 aromatic heterocycles. The Labute approximate surface area is 106 Å². The highest BCUT2D eigenvalue weighted by atomic mass is 16.5. The molecule has 0 saturated carbocycles. The monoisotopic (exact) mass is 248 g/mol. The van der Waals surface area contributed by atoms with Gasteiger partial charge in [-0.25, -0.2) is 13.9 Å². The lowest BCUT2D eigenvalue weighted by Gasteiger charge is -2.00. The third-order valence-electron chi connectivity index (χ3n) is 2.98. The average Bonchev–Trinajstić information content (AvgIpc) is 2.65. The lowest BCUT2D eigenvalue weighted by atomic mass is 10.3. The average molecular weight is 248 g/mol. The second-order valence-corrected chi connectivity index (χ2v) is 4.16. The first-order chi connectivity index (χ1) is 8.69. The highest BCUT2D eigenvalue weighted by molar-refractivity contribution is 5.75. The van der Waals surface area contributed by atoms with Crippen LogP contribution in [0.1, 0.15) is 13.3 Å². The van der Waals surface area contributed by atoms with Crippen molar-refractivity contribution in [1.29, 1.82) is 0 Å². The van der Waals surface area contributed by atoms with E-state index in [1.807, 2.05) is 28.8 Å². The summed E-state index contributed by atoms with van der Waals surface area (Å²) in [6.07, 6.45) is 0.987. The van der Waals surface area contributed by atoms with Crippen LogP contribution in [-0.2, 0) is 22.6 Å². The van der Waals surface area contributed by atoms with Crippen molar-refractivity contribution in [1.82, 2.24) is 4.57 Å². The first kappa shape index (κ1) is 12.4. The Morgan fingerprint density at radius 2 is 2.17 bits per heavy atom. The number of aryl methyl sites for hydroxylation is 1. The molecule has 5 nitrogen and oxygen atoms in total. The van der Waals surface area contributed by atoms with Crippen molar-refractivity contribution >= 4 is 23.0 Å². The van der Waals surface area contributed by atoms with Gasteiger partial charge in [0.2, 0.25) is 0 Å². The Bertz CT molecular complexity index is 575. The Hall–Kier alpha value is -2.04. The van der Waals surface area contributed by atoms with Crippen molar-refractivity contribution in [3.63, 3.8) is 0 Å². The maximum Gasteiger partial charge on any atom is 0.356 e. The SMILES string of the molecule is CCCn1c(N)[n+](CC(=O)OC)c2ccccc21. The van der Waals surface area contributed by atoms with Crippen LogP contribution in [-0.4, -0.2) is 17.6 Å². The minimum atomic E-state index is -0.300. The summed E-state index contributed by atoms with van der Waals surface area (Å²) in [5.41, 5.74) is 8.12. The van der Waals surface area contributed by atoms with Gasteiger partial charge in [0.1, 0.15) is 11.0 Å². The van der Waals surface area contributed by atoms with Crippen LogP contribution < -0.4 is 10.3 Å². The Kier molecular flexibility index (Phi) is 3.50. The summed E-state index contributed by atoms with van der Waals surface area (Å²) in [4.78, 5) is 11.4. The molecule has 0 aliphatic rings. The van der Waals surface area contributed by atoms with Gasteiger partial charge >= 0.3 is 11.9 Å². The molecule has 0 aliphatic carbocycles. The maximum atomic E-state index is 11.4. The standard InChI is InChI=1S/C13H17N3O2/c1-3-8-15-10-6-4-5-7-11(10)16(13(15)14)9-12(17)18-2/h4-7,14H,3,8-9H2,1-2H3/p+1. The van der Waals surface area contributed by atoms with E-state index in [1.165, 1.54) is 7.11 Å². The number of para-hydroxylation sites is 2. The minimum Gasteiger partial charge on any atom is -0.467 e. The van der Waals surface area contributed by atoms with E-state index < -0.39 is 0 Å². The highest BCUT2D eigenvalue weighted by Crippen LogP contribution is 2.16. The molecule has 5 heteroatoms. The zero-order valence-electron chi connectivity index (χ0n) is 10.7. The number of aromatic nitrogens is 2. The number of nitrogens with two attached hydrogens (primary N) is 1. The molecule has 0 atom stereocenters. The van der Waals surface area contributed by atoms with Gasteiger partial charge < -0.3 is 4.74 Å². The summed E-state index contributed by atoms with van der Waals surface area (Å²) < 4.78 is 8.52. The number of benzene rings is 1. The lowest BCUT2D eigenvalue weighted by molar-refractivity contribution is -0.645. The number of hydrogen-bond donors (Lipinski definition) is 1. The van der Waals surface area contributed by atoms with E-state index in [-0.39, 0.29) is 12.5 Å². The molecule has 2 rings (SSSR count). The fraction of sp³-hybridized carbons (Fsp3) is 0.385. The van der Waals surface area contributed by atoms with E-state index in [0.717, 1.165) is 24.0 Å². The number of anilines is 1. The van der Waals surface area contributed by atoms with E-state index in [4.69, 9.17) is 10.5 Å². The molecule has 2 aromatic rings. The summed E-state index contributed by atoms with van der Waals surface area (Å²) >= 11 is 0. The molecule has 0 amide bonds. The molecule has 0 fully saturated rings. The normalized spacial score (nSPS) is 10.8. The van der Waals surface area contributed by atoms with Crippen LogP contribution in [0.15, 0.2) is 24.3 Å². The summed E-state index contributed by atoms with van der Waals surface area (Å²) in [6.45, 7) is 3.07. The van der Waals surface area contributed by atoms with Gasteiger partial charge in [-0.3, -0.25) is 5.73 Å². The minimum absolute atomic E-state index is 0.138. The zero-order valence-corrected chi connectivity index (χ0v) is 10.7. The molecular formula is C13H18N3O2+. The fourth-order valence-corrected chi connectivity index (χ4v) is 2.13. The number of esters is 1. The molecule has 1 heterocycles. The summed E-state index contributed by atoms with van der Waals surface area (Å²) in [7, 11) is 1.38. The van der Waals surface area contributed by atoms with Gasteiger partial charge in [-0.05, 0) is 18.6 Å². The van der Waals surface area contributed by atoms with Crippen LogP contribution in [0.25, 0.3) is 11.0 Å². The third kappa shape index (κ3) is 2.03. The first-order valence-electron chi connectivity index (χ1n) is 6.02. The largest absolute Gasteiger partial charge is 0.467 e. The number of nitrogen functional groups attached to an aromatic ring is 1. The molecule has 0 saturated heterocycles. The van der Waals surface area contributed by atoms with Crippen LogP contribution in [0.5, 0.6) is 0 Å². The molecule has 2 N–H and O–H groups in total. The van der Waals surface area contributed by atoms with Crippen LogP contribution in [0.4, 0.5) is 5.95 Å². The second-order valence-electron chi connectivity index (χ2n) is 4.16. The topological polar surface area (TPSA) is 61.1 Å². The highest BCUT2D eigenvalue weighted by Gasteiger charge is 2.21. The van der Waals surface area contributed by atoms with Gasteiger partial charge in [-0.15, -0.1) is 0 Å². The molecule has 0 spiro atoms. The molecular weight excluding hydrogens is 230 g/mol. The smallest absolute Gasteiger partial charge is 0.356 e. The van der Waals surface area contributed by atoms with Crippen LogP contribution in [0, 0.1) is 0 Å². The maximum absolute atomic E-state index is 11.4. The molecule has 0 bridgehead atoms. The quantitative estimate of drug-likeness (QED) is 0.651. The van der Waals surface area contributed by atoms with Gasteiger partial charge in [0.25, 0.3) is 0 Å². The Morgan fingerprint density at radius 1 is 1.44 bits per heavy atom. The third-order valence-corrected chi connectivity index (χ3v) is 2.98. The van der Waals surface area contributed by atoms with E-state index in [9.17, 15) is 4.79 Å². The summed E-state index contributed by atoms with van der Waals surface area (Å²) in [5, 5.41) is 0. The number of carbonyl (C=O) groups is 1. The number of nitrogens with zero attached hydrogens (tertiary/aromatic N) is 2. The van der Waals surface area contributed by atoms with E-state index in [2.05, 4.69) is 6.92 Å². The number of carbonyl (C=O) groups excluding carboxylic acids is 1. The Morgan fingerprint density at radius 3 is 2.83 bits per heavy atom. The molecule has 96 valence electrons. The predicted molar refractivity (Wildman–Crippen MR) is 68.9 cm³/mol. The molecule has 0 aliphatic heterocycles. The van der Waals surface area contributed by atoms with Crippen molar-refractivity contribution in [2.75, 3.05) is 12.8 Å². The summed E-state index contributed by atoms with van der Waals surface area (Å²) in [6, 6.07) is 7.87. The van der Waals surface area contributed by atoms with E-state index >= 15 is 0 Å². The second kappa shape index (κ2) is 5.08. The molecule has 18 heavy (non-hydrogen) atoms. The van der Waals surface area contributed by atoms with Crippen molar-refractivity contribution in [2.45, 2.75) is 26.4 Å². The first-order valence-corrected chi connectivity index (χ1v) is 6.02. The molecule has 1 aromatic carbocycles. The number of hydrogen-bond acceptors (Lipinski definition) is 3. The van der Waals surface area contributed by atoms with E-state index in [0.29, 0.717) is 5.95 Å². The van der Waals surface area contributed by atoms with Crippen molar-refractivity contribution < 1.29 is 14.1 Å². The predicted octanol–water partition coefficient (Wildman–Crippen LogP) is 1.09. The van der Waals surface area contributed by atoms with Crippen molar-refractivity contribution in [2.24, 2.45) is 0 Å². The molecule has 0 radical (unpaired) electrons. The van der Waals surface area contributed by atoms with Gasteiger partial charge in [0, 0.05) is 0 Å². The van der Waals surface area contributed by atoms with Crippen LogP contribution in [0.2, 0.25) is 0 Å². The van der Waals surface area contributed by atoms with Gasteiger partial charge in [0.15, 0.2) is 6.54 Å². The number of imidazole rings is 1. The van der Waals surface area contributed by atoms with Gasteiger partial charge in [-0.1, -0.05) is 19.1 Å². The van der Waals surface area contributed by atoms with Crippen LogP contribution >= 0.6 is 0 Å². The summed E-state index contributed by atoms with van der Waals surface area (Å²) in [5.74, 6) is 0.287. The number of fused-ring (bicyclic) bond motifs is 1. The van der Waals surface area contributed by atoms with E-state index in [1.54, 1.807) is 4.57 Å². The van der Waals surface area contributed by atoms with Gasteiger partial charge in [-0.2, -0.15) is 0 Å². The Balaban J connectivity index is 2.57. The molecule has 0 unspecified atom stereocenters.